The zero-order valence-electron chi connectivity index (χ0n) is 6.33. The van der Waals surface area contributed by atoms with Gasteiger partial charge in [0, 0.05) is 0 Å². The molecule has 1 aromatic carbocycles. The third-order valence-corrected chi connectivity index (χ3v) is 2.92. The van der Waals surface area contributed by atoms with Crippen molar-refractivity contribution >= 4 is 16.5 Å². The number of aliphatic hydroxyl groups is 1. The standard InChI is InChI=1S/C8H12GeO/c1-6-3-2-4-7(5-6)8(9)10/h2-5,8,10H,1,9H3. The number of rotatable bonds is 1. The van der Waals surface area contributed by atoms with Crippen molar-refractivity contribution in [1.82, 2.24) is 0 Å². The van der Waals surface area contributed by atoms with E-state index >= 15 is 0 Å². The van der Waals surface area contributed by atoms with Gasteiger partial charge in [-0.15, -0.1) is 0 Å². The van der Waals surface area contributed by atoms with Crippen molar-refractivity contribution in [2.45, 2.75) is 11.9 Å². The van der Waals surface area contributed by atoms with Crippen molar-refractivity contribution in [3.63, 3.8) is 0 Å². The molecule has 1 N–H and O–H groups in total. The van der Waals surface area contributed by atoms with Crippen molar-refractivity contribution in [3.05, 3.63) is 35.4 Å². The molecule has 0 fully saturated rings. The molecule has 0 aliphatic rings. The van der Waals surface area contributed by atoms with Crippen molar-refractivity contribution < 1.29 is 5.11 Å². The summed E-state index contributed by atoms with van der Waals surface area (Å²) in [5.74, 6) is 0. The van der Waals surface area contributed by atoms with E-state index in [-0.39, 0.29) is 4.94 Å². The fraction of sp³-hybridized carbons (Fsp3) is 0.250. The van der Waals surface area contributed by atoms with Crippen LogP contribution < -0.4 is 0 Å². The first-order chi connectivity index (χ1) is 4.70. The quantitative estimate of drug-likeness (QED) is 0.643. The molecule has 1 unspecified atom stereocenters. The molecule has 0 radical (unpaired) electrons. The average Bonchev–Trinajstić information content (AvgIpc) is 1.88. The van der Waals surface area contributed by atoms with Gasteiger partial charge in [0.1, 0.15) is 0 Å². The van der Waals surface area contributed by atoms with Crippen LogP contribution in [0.4, 0.5) is 0 Å². The molecule has 0 spiro atoms. The summed E-state index contributed by atoms with van der Waals surface area (Å²) in [5.41, 5.74) is 2.29. The van der Waals surface area contributed by atoms with Crippen molar-refractivity contribution in [2.75, 3.05) is 0 Å². The van der Waals surface area contributed by atoms with E-state index in [1.807, 2.05) is 31.2 Å². The van der Waals surface area contributed by atoms with Gasteiger partial charge in [0.05, 0.1) is 0 Å². The molecule has 0 saturated carbocycles. The van der Waals surface area contributed by atoms with Gasteiger partial charge in [-0.3, -0.25) is 0 Å². The number of benzene rings is 1. The molecule has 54 valence electrons. The molecule has 0 bridgehead atoms. The second-order valence-corrected chi connectivity index (χ2v) is 4.88. The van der Waals surface area contributed by atoms with Crippen LogP contribution in [0.15, 0.2) is 24.3 Å². The molecule has 0 aliphatic carbocycles. The Bertz CT molecular complexity index is 220. The van der Waals surface area contributed by atoms with Crippen LogP contribution in [0.1, 0.15) is 16.1 Å². The van der Waals surface area contributed by atoms with Crippen LogP contribution in [-0.4, -0.2) is 21.6 Å². The summed E-state index contributed by atoms with van der Waals surface area (Å²) in [6, 6.07) is 8.04. The Hall–Kier alpha value is -0.277. The molecule has 1 nitrogen and oxygen atoms in total. The summed E-state index contributed by atoms with van der Waals surface area (Å²) in [6.45, 7) is 2.04. The molecule has 0 aliphatic heterocycles. The Kier molecular flexibility index (Phi) is 2.52. The molecule has 1 atom stereocenters. The summed E-state index contributed by atoms with van der Waals surface area (Å²) >= 11 is 0.473. The Morgan fingerprint density at radius 2 is 2.20 bits per heavy atom. The summed E-state index contributed by atoms with van der Waals surface area (Å²) in [6.07, 6.45) is 0. The van der Waals surface area contributed by atoms with Crippen LogP contribution in [0.2, 0.25) is 0 Å². The minimum atomic E-state index is -0.160. The maximum absolute atomic E-state index is 9.23. The van der Waals surface area contributed by atoms with E-state index < -0.39 is 0 Å². The predicted octanol–water partition coefficient (Wildman–Crippen LogP) is 0.351. The third kappa shape index (κ3) is 1.85. The molecular weight excluding hydrogens is 185 g/mol. The van der Waals surface area contributed by atoms with Crippen molar-refractivity contribution in [1.29, 1.82) is 0 Å². The van der Waals surface area contributed by atoms with Gasteiger partial charge in [-0.05, 0) is 0 Å². The summed E-state index contributed by atoms with van der Waals surface area (Å²) < 4.78 is 0. The monoisotopic (exact) mass is 198 g/mol. The summed E-state index contributed by atoms with van der Waals surface area (Å²) in [4.78, 5) is -0.160. The third-order valence-electron chi connectivity index (χ3n) is 1.52. The van der Waals surface area contributed by atoms with Crippen molar-refractivity contribution in [3.8, 4) is 0 Å². The Labute approximate surface area is 69.3 Å². The first kappa shape index (κ1) is 7.83. The van der Waals surface area contributed by atoms with Gasteiger partial charge < -0.3 is 0 Å². The Balaban J connectivity index is 2.96. The zero-order valence-corrected chi connectivity index (χ0v) is 10.5. The minimum absolute atomic E-state index is 0.160. The topological polar surface area (TPSA) is 20.2 Å². The summed E-state index contributed by atoms with van der Waals surface area (Å²) in [7, 11) is 0. The first-order valence-electron chi connectivity index (χ1n) is 3.45. The van der Waals surface area contributed by atoms with Crippen molar-refractivity contribution in [2.24, 2.45) is 0 Å². The Morgan fingerprint density at radius 3 is 2.60 bits per heavy atom. The van der Waals surface area contributed by atoms with E-state index in [4.69, 9.17) is 0 Å². The van der Waals surface area contributed by atoms with Gasteiger partial charge in [-0.1, -0.05) is 0 Å². The van der Waals surface area contributed by atoms with Crippen LogP contribution in [0, 0.1) is 6.92 Å². The van der Waals surface area contributed by atoms with Gasteiger partial charge >= 0.3 is 68.9 Å². The van der Waals surface area contributed by atoms with Gasteiger partial charge in [0.2, 0.25) is 0 Å². The molecule has 1 aromatic rings. The summed E-state index contributed by atoms with van der Waals surface area (Å²) in [5, 5.41) is 9.23. The molecule has 10 heavy (non-hydrogen) atoms. The van der Waals surface area contributed by atoms with Gasteiger partial charge in [0.25, 0.3) is 0 Å². The van der Waals surface area contributed by atoms with Gasteiger partial charge in [-0.25, -0.2) is 0 Å². The fourth-order valence-corrected chi connectivity index (χ4v) is 1.68. The van der Waals surface area contributed by atoms with Crippen LogP contribution in [0.25, 0.3) is 0 Å². The molecule has 1 rings (SSSR count). The average molecular weight is 197 g/mol. The van der Waals surface area contributed by atoms with E-state index in [2.05, 4.69) is 0 Å². The predicted molar refractivity (Wildman–Crippen MR) is 46.1 cm³/mol. The fourth-order valence-electron chi connectivity index (χ4n) is 0.930. The molecule has 2 heteroatoms. The maximum atomic E-state index is 9.23. The zero-order chi connectivity index (χ0) is 7.56. The molecule has 0 saturated heterocycles. The van der Waals surface area contributed by atoms with E-state index in [9.17, 15) is 5.11 Å². The van der Waals surface area contributed by atoms with Crippen LogP contribution in [0.3, 0.4) is 0 Å². The molecule has 0 amide bonds. The number of hydrogen-bond acceptors (Lipinski definition) is 1. The number of aryl methyl sites for hydroxylation is 1. The second-order valence-electron chi connectivity index (χ2n) is 2.59. The van der Waals surface area contributed by atoms with E-state index in [1.165, 1.54) is 5.56 Å². The second kappa shape index (κ2) is 3.21. The van der Waals surface area contributed by atoms with Gasteiger partial charge in [-0.2, -0.15) is 0 Å². The molecular formula is C8H12GeO. The Morgan fingerprint density at radius 1 is 1.50 bits per heavy atom. The van der Waals surface area contributed by atoms with Crippen LogP contribution >= 0.6 is 0 Å². The SMILES string of the molecule is Cc1cccc([CH](O)[GeH3])c1. The van der Waals surface area contributed by atoms with Crippen LogP contribution in [-0.2, 0) is 0 Å². The van der Waals surface area contributed by atoms with Gasteiger partial charge in [0.15, 0.2) is 0 Å². The van der Waals surface area contributed by atoms with E-state index in [0.717, 1.165) is 5.56 Å². The van der Waals surface area contributed by atoms with E-state index in [1.54, 1.807) is 0 Å². The van der Waals surface area contributed by atoms with Crippen LogP contribution in [0.5, 0.6) is 0 Å². The normalized spacial score (nSPS) is 13.4. The van der Waals surface area contributed by atoms with E-state index in [0.29, 0.717) is 16.5 Å². The number of aliphatic hydroxyl groups excluding tert-OH is 1. The molecule has 0 aromatic heterocycles. The number of hydrogen-bond donors (Lipinski definition) is 1. The molecule has 0 heterocycles. The first-order valence-corrected chi connectivity index (χ1v) is 5.87.